The lowest BCUT2D eigenvalue weighted by molar-refractivity contribution is -0.389. The number of amides is 1. The van der Waals surface area contributed by atoms with E-state index >= 15 is 0 Å². The third-order valence-corrected chi connectivity index (χ3v) is 1.58. The summed E-state index contributed by atoms with van der Waals surface area (Å²) in [5, 5.41) is 10.2. The van der Waals surface area contributed by atoms with Gasteiger partial charge in [-0.25, -0.2) is 0 Å². The molecule has 1 amide bonds. The summed E-state index contributed by atoms with van der Waals surface area (Å²) in [6, 6.07) is -0.871. The van der Waals surface area contributed by atoms with Gasteiger partial charge in [0.15, 0.2) is 0 Å². The second-order valence-corrected chi connectivity index (χ2v) is 2.69. The van der Waals surface area contributed by atoms with Crippen molar-refractivity contribution in [1.29, 1.82) is 0 Å². The number of hydrogen-bond acceptors (Lipinski definition) is 5. The zero-order valence-electron chi connectivity index (χ0n) is 7.16. The number of aromatic nitrogens is 2. The lowest BCUT2D eigenvalue weighted by atomic mass is 10.3. The topological polar surface area (TPSA) is 130 Å². The van der Waals surface area contributed by atoms with E-state index in [9.17, 15) is 14.9 Å². The molecule has 0 saturated carbocycles. The highest BCUT2D eigenvalue weighted by Crippen LogP contribution is 2.05. The normalized spacial score (nSPS) is 12.4. The van der Waals surface area contributed by atoms with E-state index in [-0.39, 0.29) is 12.4 Å². The first kappa shape index (κ1) is 10.1. The smallest absolute Gasteiger partial charge is 0.368 e. The Labute approximate surface area is 78.7 Å². The number of primary amides is 1. The Morgan fingerprint density at radius 2 is 2.43 bits per heavy atom. The van der Waals surface area contributed by atoms with Gasteiger partial charge in [-0.15, -0.1) is 0 Å². The van der Waals surface area contributed by atoms with E-state index in [1.165, 1.54) is 17.1 Å². The van der Waals surface area contributed by atoms with Gasteiger partial charge >= 0.3 is 5.82 Å². The van der Waals surface area contributed by atoms with Crippen LogP contribution in [0.1, 0.15) is 0 Å². The molecule has 0 aliphatic carbocycles. The molecule has 0 aromatic carbocycles. The average Bonchev–Trinajstić information content (AvgIpc) is 2.52. The van der Waals surface area contributed by atoms with Gasteiger partial charge in [0, 0.05) is 6.54 Å². The molecule has 1 atom stereocenters. The molecule has 0 saturated heterocycles. The third kappa shape index (κ3) is 2.26. The minimum atomic E-state index is -0.871. The van der Waals surface area contributed by atoms with E-state index in [4.69, 9.17) is 11.5 Å². The third-order valence-electron chi connectivity index (χ3n) is 1.58. The molecule has 1 aromatic rings. The van der Waals surface area contributed by atoms with Crippen molar-refractivity contribution in [3.63, 3.8) is 0 Å². The van der Waals surface area contributed by atoms with E-state index < -0.39 is 16.9 Å². The Hall–Kier alpha value is -1.96. The fraction of sp³-hybridized carbons (Fsp3) is 0.333. The van der Waals surface area contributed by atoms with Crippen molar-refractivity contribution in [3.05, 3.63) is 22.6 Å². The minimum absolute atomic E-state index is 0.0795. The number of nitrogens with zero attached hydrogens (tertiary/aromatic N) is 3. The number of nitro groups is 1. The van der Waals surface area contributed by atoms with Crippen LogP contribution in [0.4, 0.5) is 5.82 Å². The van der Waals surface area contributed by atoms with E-state index in [1.807, 2.05) is 0 Å². The lowest BCUT2D eigenvalue weighted by Crippen LogP contribution is -2.39. The largest absolute Gasteiger partial charge is 0.381 e. The van der Waals surface area contributed by atoms with Crippen LogP contribution in [0.15, 0.2) is 12.5 Å². The van der Waals surface area contributed by atoms with Gasteiger partial charge in [-0.1, -0.05) is 0 Å². The molecule has 76 valence electrons. The number of hydrogen-bond donors (Lipinski definition) is 2. The molecular weight excluding hydrogens is 190 g/mol. The van der Waals surface area contributed by atoms with Crippen molar-refractivity contribution in [2.45, 2.75) is 12.6 Å². The lowest BCUT2D eigenvalue weighted by Gasteiger charge is -2.05. The molecule has 8 nitrogen and oxygen atoms in total. The summed E-state index contributed by atoms with van der Waals surface area (Å²) in [5.41, 5.74) is 10.3. The first-order valence-corrected chi connectivity index (χ1v) is 3.71. The number of carbonyl (C=O) groups excluding carboxylic acids is 1. The van der Waals surface area contributed by atoms with Gasteiger partial charge in [0.2, 0.25) is 12.2 Å². The molecule has 0 bridgehead atoms. The Morgan fingerprint density at radius 3 is 2.86 bits per heavy atom. The van der Waals surface area contributed by atoms with Crippen molar-refractivity contribution in [1.82, 2.24) is 9.55 Å². The van der Waals surface area contributed by atoms with Crippen LogP contribution in [0.2, 0.25) is 0 Å². The first-order valence-electron chi connectivity index (χ1n) is 3.71. The van der Waals surface area contributed by atoms with E-state index in [0.717, 1.165) is 0 Å². The maximum Gasteiger partial charge on any atom is 0.381 e. The highest BCUT2D eigenvalue weighted by molar-refractivity contribution is 5.79. The molecule has 0 spiro atoms. The molecule has 1 rings (SSSR count). The van der Waals surface area contributed by atoms with Gasteiger partial charge in [0.05, 0.1) is 0 Å². The van der Waals surface area contributed by atoms with Crippen molar-refractivity contribution >= 4 is 11.7 Å². The summed E-state index contributed by atoms with van der Waals surface area (Å²) >= 11 is 0. The van der Waals surface area contributed by atoms with Crippen LogP contribution in [-0.2, 0) is 11.3 Å². The van der Waals surface area contributed by atoms with Gasteiger partial charge in [-0.05, 0) is 9.91 Å². The second kappa shape index (κ2) is 3.83. The molecule has 4 N–H and O–H groups in total. The van der Waals surface area contributed by atoms with Crippen LogP contribution in [0.25, 0.3) is 0 Å². The summed E-state index contributed by atoms with van der Waals surface area (Å²) in [7, 11) is 0. The maximum absolute atomic E-state index is 10.6. The number of carbonyl (C=O) groups is 1. The molecule has 0 aliphatic rings. The minimum Gasteiger partial charge on any atom is -0.368 e. The highest BCUT2D eigenvalue weighted by atomic mass is 16.6. The van der Waals surface area contributed by atoms with Gasteiger partial charge in [0.1, 0.15) is 12.2 Å². The van der Waals surface area contributed by atoms with E-state index in [0.29, 0.717) is 0 Å². The zero-order valence-corrected chi connectivity index (χ0v) is 7.16. The van der Waals surface area contributed by atoms with Crippen molar-refractivity contribution < 1.29 is 9.72 Å². The summed E-state index contributed by atoms with van der Waals surface area (Å²) in [6.45, 7) is 0.0795. The second-order valence-electron chi connectivity index (χ2n) is 2.69. The Balaban J connectivity index is 2.69. The van der Waals surface area contributed by atoms with Crippen LogP contribution in [0.3, 0.4) is 0 Å². The fourth-order valence-electron chi connectivity index (χ4n) is 0.860. The molecule has 14 heavy (non-hydrogen) atoms. The molecule has 0 fully saturated rings. The average molecular weight is 199 g/mol. The molecular formula is C6H9N5O3. The van der Waals surface area contributed by atoms with Crippen molar-refractivity contribution in [2.75, 3.05) is 0 Å². The van der Waals surface area contributed by atoms with Crippen molar-refractivity contribution in [3.8, 4) is 0 Å². The quantitative estimate of drug-likeness (QED) is 0.455. The number of imidazole rings is 1. The van der Waals surface area contributed by atoms with E-state index in [2.05, 4.69) is 4.98 Å². The standard InChI is InChI=1S/C6H9N5O3/c7-4(6(8)12)1-10-2-5(9-3-10)11(13)14/h2-4H,1,7H2,(H2,8,12). The van der Waals surface area contributed by atoms with Crippen molar-refractivity contribution in [2.24, 2.45) is 11.5 Å². The molecule has 0 radical (unpaired) electrons. The summed E-state index contributed by atoms with van der Waals surface area (Å²) < 4.78 is 1.34. The SMILES string of the molecule is NC(=O)C(N)Cn1cnc([N+](=O)[O-])c1. The monoisotopic (exact) mass is 199 g/mol. The predicted octanol–water partition coefficient (Wildman–Crippen LogP) is -1.40. The van der Waals surface area contributed by atoms with Crippen LogP contribution in [-0.4, -0.2) is 26.4 Å². The molecule has 8 heteroatoms. The van der Waals surface area contributed by atoms with Gasteiger partial charge in [-0.3, -0.25) is 4.79 Å². The molecule has 1 heterocycles. The fourth-order valence-corrected chi connectivity index (χ4v) is 0.860. The Morgan fingerprint density at radius 1 is 1.79 bits per heavy atom. The predicted molar refractivity (Wildman–Crippen MR) is 46.1 cm³/mol. The highest BCUT2D eigenvalue weighted by Gasteiger charge is 2.14. The molecule has 1 aromatic heterocycles. The van der Waals surface area contributed by atoms with Crippen LogP contribution >= 0.6 is 0 Å². The van der Waals surface area contributed by atoms with Crippen LogP contribution in [0.5, 0.6) is 0 Å². The summed E-state index contributed by atoms with van der Waals surface area (Å²) in [6.07, 6.45) is 2.41. The van der Waals surface area contributed by atoms with Crippen LogP contribution in [0, 0.1) is 10.1 Å². The first-order chi connectivity index (χ1) is 6.50. The van der Waals surface area contributed by atoms with Gasteiger partial charge in [0.25, 0.3) is 0 Å². The Kier molecular flexibility index (Phi) is 2.77. The zero-order chi connectivity index (χ0) is 10.7. The van der Waals surface area contributed by atoms with Gasteiger partial charge in [-0.2, -0.15) is 0 Å². The van der Waals surface area contributed by atoms with Crippen LogP contribution < -0.4 is 11.5 Å². The molecule has 0 aliphatic heterocycles. The maximum atomic E-state index is 10.6. The van der Waals surface area contributed by atoms with E-state index in [1.54, 1.807) is 0 Å². The molecule has 1 unspecified atom stereocenters. The van der Waals surface area contributed by atoms with Gasteiger partial charge < -0.3 is 26.1 Å². The number of nitrogens with two attached hydrogens (primary N) is 2. The Bertz CT molecular complexity index is 360. The summed E-state index contributed by atoms with van der Waals surface area (Å²) in [5.74, 6) is -0.956. The summed E-state index contributed by atoms with van der Waals surface area (Å²) in [4.78, 5) is 23.7. The number of rotatable bonds is 4.